The van der Waals surface area contributed by atoms with Gasteiger partial charge in [0, 0.05) is 53.9 Å². The largest absolute Gasteiger partial charge is 0.744 e. The zero-order chi connectivity index (χ0) is 40.9. The minimum Gasteiger partial charge on any atom is -0.744 e. The number of fused-ring (bicyclic) bond motifs is 4. The summed E-state index contributed by atoms with van der Waals surface area (Å²) in [6, 6.07) is 9.59. The van der Waals surface area contributed by atoms with Crippen LogP contribution in [0.2, 0.25) is 0 Å². The van der Waals surface area contributed by atoms with Gasteiger partial charge in [-0.2, -0.15) is 21.4 Å². The lowest BCUT2D eigenvalue weighted by molar-refractivity contribution is -0.438. The molecule has 13 nitrogen and oxygen atoms in total. The molecule has 3 aromatic rings. The molecule has 0 fully saturated rings. The molecule has 16 heteroatoms. The van der Waals surface area contributed by atoms with Gasteiger partial charge in [0.2, 0.25) is 5.69 Å². The number of anilines is 1. The van der Waals surface area contributed by atoms with Crippen molar-refractivity contribution in [2.24, 2.45) is 0 Å². The molecule has 0 atom stereocenters. The van der Waals surface area contributed by atoms with Crippen molar-refractivity contribution in [2.45, 2.75) is 99.2 Å². The summed E-state index contributed by atoms with van der Waals surface area (Å²) in [5, 5.41) is 9.33. The van der Waals surface area contributed by atoms with E-state index in [4.69, 9.17) is 5.11 Å². The van der Waals surface area contributed by atoms with Crippen LogP contribution < -0.4 is 4.90 Å². The van der Waals surface area contributed by atoms with E-state index < -0.39 is 56.9 Å². The van der Waals surface area contributed by atoms with Gasteiger partial charge in [-0.25, -0.2) is 8.42 Å². The number of allylic oxidation sites excluding steroid dienone is 6. The lowest BCUT2D eigenvalue weighted by atomic mass is 9.81. The number of carboxylic acids is 1. The fraction of sp³-hybridized carbons (Fsp3) is 0.385. The van der Waals surface area contributed by atoms with Crippen molar-refractivity contribution in [1.29, 1.82) is 0 Å². The Bertz CT molecular complexity index is 2550. The van der Waals surface area contributed by atoms with Crippen LogP contribution in [0, 0.1) is 0 Å². The number of carboxylic acid groups (broad SMARTS) is 1. The van der Waals surface area contributed by atoms with Crippen molar-refractivity contribution in [3.63, 3.8) is 0 Å². The molecular formula is C39H46N2O11S3. The number of hydrogen-bond donors (Lipinski definition) is 3. The Hall–Kier alpha value is -4.19. The highest BCUT2D eigenvalue weighted by molar-refractivity contribution is 7.87. The van der Waals surface area contributed by atoms with E-state index in [-0.39, 0.29) is 22.1 Å². The molecule has 2 aliphatic rings. The summed E-state index contributed by atoms with van der Waals surface area (Å²) in [5.74, 6) is -0.857. The molecule has 296 valence electrons. The van der Waals surface area contributed by atoms with Crippen LogP contribution in [0.25, 0.3) is 10.8 Å². The lowest BCUT2D eigenvalue weighted by Crippen LogP contribution is -2.28. The van der Waals surface area contributed by atoms with Crippen molar-refractivity contribution >= 4 is 64.2 Å². The normalized spacial score (nSPS) is 17.8. The average molecular weight is 815 g/mol. The number of unbranched alkanes of at least 4 members (excludes halogenated alkanes) is 2. The summed E-state index contributed by atoms with van der Waals surface area (Å²) in [5.41, 5.74) is 3.94. The second kappa shape index (κ2) is 15.0. The Balaban J connectivity index is 1.59. The van der Waals surface area contributed by atoms with Gasteiger partial charge >= 0.3 is 5.97 Å². The first-order valence-corrected chi connectivity index (χ1v) is 22.1. The van der Waals surface area contributed by atoms with Crippen LogP contribution in [-0.2, 0) is 46.0 Å². The Kier molecular flexibility index (Phi) is 11.5. The maximum Gasteiger partial charge on any atom is 0.303 e. The topological polar surface area (TPSA) is 209 Å². The maximum absolute atomic E-state index is 12.3. The molecular weight excluding hydrogens is 769 g/mol. The van der Waals surface area contributed by atoms with Gasteiger partial charge in [-0.3, -0.25) is 13.9 Å². The fourth-order valence-corrected chi connectivity index (χ4v) is 9.61. The molecule has 0 aromatic heterocycles. The van der Waals surface area contributed by atoms with Crippen molar-refractivity contribution in [3.05, 3.63) is 89.2 Å². The van der Waals surface area contributed by atoms with E-state index in [0.29, 0.717) is 56.1 Å². The van der Waals surface area contributed by atoms with Crippen LogP contribution in [-0.4, -0.2) is 73.4 Å². The molecule has 0 saturated carbocycles. The molecule has 0 bridgehead atoms. The number of nitrogens with zero attached hydrogens (tertiary/aromatic N) is 2. The van der Waals surface area contributed by atoms with Crippen LogP contribution in [0.5, 0.6) is 0 Å². The lowest BCUT2D eigenvalue weighted by Gasteiger charge is -2.26. The molecule has 2 heterocycles. The monoisotopic (exact) mass is 814 g/mol. The van der Waals surface area contributed by atoms with Crippen molar-refractivity contribution in [3.8, 4) is 0 Å². The number of benzene rings is 3. The second-order valence-corrected chi connectivity index (χ2v) is 19.0. The molecule has 0 radical (unpaired) electrons. The van der Waals surface area contributed by atoms with Crippen molar-refractivity contribution in [2.75, 3.05) is 18.0 Å². The SMILES string of the molecule is CCC(C=CC1=[N+](CCCCCC(=O)O)c2ccc(S(=O)(=O)O)cc2C1(C)C)=CC=C1N(CC)c2ccc3c(S(=O)(=O)[O-])cc(S(=O)(=O)O)cc3c2C1(C)C. The molecule has 0 unspecified atom stereocenters. The summed E-state index contributed by atoms with van der Waals surface area (Å²) < 4.78 is 107. The zero-order valence-corrected chi connectivity index (χ0v) is 34.0. The average Bonchev–Trinajstić information content (AvgIpc) is 3.44. The standard InChI is InChI=1S/C39H46N2O11S3/c1-7-25(13-19-34-38(3,4)30-23-26(53(44,45)46)15-17-31(30)41(34)21-11-9-10-12-36(42)43)14-20-35-39(5,6)37-29-22-27(54(47,48)49)24-33(55(50,51)52)28(29)16-18-32(37)40(35)8-2/h13-20,22-24H,7-12,21H2,1-6H3,(H3-,42,43,44,45,46,47,48,49,50,51,52). The van der Waals surface area contributed by atoms with E-state index in [2.05, 4.69) is 4.58 Å². The summed E-state index contributed by atoms with van der Waals surface area (Å²) in [7, 11) is -14.4. The number of rotatable bonds is 14. The van der Waals surface area contributed by atoms with Gasteiger partial charge in [-0.15, -0.1) is 0 Å². The van der Waals surface area contributed by atoms with E-state index in [1.165, 1.54) is 24.3 Å². The van der Waals surface area contributed by atoms with Gasteiger partial charge in [0.15, 0.2) is 5.71 Å². The predicted octanol–water partition coefficient (Wildman–Crippen LogP) is 6.85. The number of aliphatic carboxylic acids is 1. The van der Waals surface area contributed by atoms with E-state index in [9.17, 15) is 43.7 Å². The van der Waals surface area contributed by atoms with Crippen LogP contribution in [0.3, 0.4) is 0 Å². The van der Waals surface area contributed by atoms with Crippen molar-refractivity contribution < 1.29 is 53.4 Å². The summed E-state index contributed by atoms with van der Waals surface area (Å²) in [6.45, 7) is 12.8. The van der Waals surface area contributed by atoms with Crippen LogP contribution >= 0.6 is 0 Å². The third-order valence-corrected chi connectivity index (χ3v) is 13.1. The van der Waals surface area contributed by atoms with Crippen LogP contribution in [0.15, 0.2) is 92.7 Å². The minimum absolute atomic E-state index is 0.0478. The fourth-order valence-electron chi connectivity index (χ4n) is 7.78. The number of carbonyl (C=O) groups is 1. The van der Waals surface area contributed by atoms with Gasteiger partial charge in [-0.1, -0.05) is 39.0 Å². The quantitative estimate of drug-likeness (QED) is 0.0660. The van der Waals surface area contributed by atoms with Crippen LogP contribution in [0.1, 0.15) is 84.8 Å². The molecule has 2 aliphatic heterocycles. The van der Waals surface area contributed by atoms with Gasteiger partial charge < -0.3 is 14.6 Å². The van der Waals surface area contributed by atoms with Gasteiger partial charge in [0.1, 0.15) is 16.7 Å². The van der Waals surface area contributed by atoms with Gasteiger partial charge in [0.05, 0.1) is 20.1 Å². The van der Waals surface area contributed by atoms with E-state index >= 15 is 0 Å². The Morgan fingerprint density at radius 1 is 0.855 bits per heavy atom. The Morgan fingerprint density at radius 2 is 1.53 bits per heavy atom. The molecule has 3 N–H and O–H groups in total. The summed E-state index contributed by atoms with van der Waals surface area (Å²) in [6.07, 6.45) is 10.5. The molecule has 0 spiro atoms. The smallest absolute Gasteiger partial charge is 0.303 e. The molecule has 55 heavy (non-hydrogen) atoms. The van der Waals surface area contributed by atoms with Crippen molar-refractivity contribution in [1.82, 2.24) is 0 Å². The van der Waals surface area contributed by atoms with E-state index in [1.807, 2.05) is 70.7 Å². The number of likely N-dealkylation sites (N-methyl/N-ethyl adjacent to an activating group) is 1. The van der Waals surface area contributed by atoms with E-state index in [1.54, 1.807) is 12.1 Å². The highest BCUT2D eigenvalue weighted by atomic mass is 32.2. The Morgan fingerprint density at radius 3 is 2.11 bits per heavy atom. The zero-order valence-electron chi connectivity index (χ0n) is 31.5. The highest BCUT2D eigenvalue weighted by Gasteiger charge is 2.45. The highest BCUT2D eigenvalue weighted by Crippen LogP contribution is 2.51. The van der Waals surface area contributed by atoms with Crippen LogP contribution in [0.4, 0.5) is 11.4 Å². The summed E-state index contributed by atoms with van der Waals surface area (Å²) >= 11 is 0. The molecule has 0 amide bonds. The second-order valence-electron chi connectivity index (χ2n) is 14.8. The molecule has 3 aromatic carbocycles. The van der Waals surface area contributed by atoms with Gasteiger partial charge in [-0.05, 0) is 98.4 Å². The molecule has 0 aliphatic carbocycles. The summed E-state index contributed by atoms with van der Waals surface area (Å²) in [4.78, 5) is 11.4. The first-order chi connectivity index (χ1) is 25.4. The number of hydrogen-bond acceptors (Lipinski definition) is 9. The third kappa shape index (κ3) is 8.20. The van der Waals surface area contributed by atoms with Gasteiger partial charge in [0.25, 0.3) is 20.2 Å². The third-order valence-electron chi connectivity index (χ3n) is 10.5. The minimum atomic E-state index is -5.12. The first-order valence-electron chi connectivity index (χ1n) is 17.8. The molecule has 5 rings (SSSR count). The predicted molar refractivity (Wildman–Crippen MR) is 209 cm³/mol. The molecule has 0 saturated heterocycles. The maximum atomic E-state index is 12.3. The Labute approximate surface area is 322 Å². The van der Waals surface area contributed by atoms with E-state index in [0.717, 1.165) is 28.2 Å². The first kappa shape index (κ1) is 42.0.